The maximum absolute atomic E-state index is 10.9. The lowest BCUT2D eigenvalue weighted by atomic mass is 9.50. The molecule has 0 aliphatic carbocycles. The van der Waals surface area contributed by atoms with Crippen molar-refractivity contribution in [2.24, 2.45) is 0 Å². The van der Waals surface area contributed by atoms with Crippen molar-refractivity contribution < 1.29 is 9.53 Å². The van der Waals surface area contributed by atoms with Crippen molar-refractivity contribution in [3.05, 3.63) is 18.2 Å². The van der Waals surface area contributed by atoms with Gasteiger partial charge in [0.05, 0.1) is 13.5 Å². The minimum absolute atomic E-state index is 0.230. The molecule has 0 N–H and O–H groups in total. The highest BCUT2D eigenvalue weighted by Gasteiger charge is 2.06. The summed E-state index contributed by atoms with van der Waals surface area (Å²) in [6.45, 7) is 4.61. The van der Waals surface area contributed by atoms with Crippen LogP contribution in [0.25, 0.3) is 0 Å². The number of nitrogens with zero attached hydrogens (tertiary/aromatic N) is 2. The van der Waals surface area contributed by atoms with Gasteiger partial charge in [-0.3, -0.25) is 4.79 Å². The molecule has 0 aromatic carbocycles. The van der Waals surface area contributed by atoms with Gasteiger partial charge in [0, 0.05) is 18.8 Å². The summed E-state index contributed by atoms with van der Waals surface area (Å²) >= 11 is 0. The number of ether oxygens (including phenoxy) is 1. The third-order valence-corrected chi connectivity index (χ3v) is 2.17. The predicted octanol–water partition coefficient (Wildman–Crippen LogP) is 0.544. The average Bonchev–Trinajstić information content (AvgIpc) is 2.26. The molecule has 0 saturated carbocycles. The van der Waals surface area contributed by atoms with E-state index in [1.165, 1.54) is 7.11 Å². The number of aryl methyl sites for hydroxylation is 1. The third-order valence-electron chi connectivity index (χ3n) is 2.17. The zero-order valence-corrected chi connectivity index (χ0v) is 9.36. The molecule has 1 rings (SSSR count). The highest BCUT2D eigenvalue weighted by atomic mass is 16.5. The van der Waals surface area contributed by atoms with Crippen molar-refractivity contribution in [1.29, 1.82) is 0 Å². The second kappa shape index (κ2) is 5.48. The summed E-state index contributed by atoms with van der Waals surface area (Å²) in [5.74, 6) is 0.455. The second-order valence-electron chi connectivity index (χ2n) is 3.66. The van der Waals surface area contributed by atoms with Crippen molar-refractivity contribution in [2.75, 3.05) is 7.11 Å². The number of rotatable bonds is 4. The number of hydrogen-bond donors (Lipinski definition) is 0. The number of aromatic nitrogens is 2. The Hall–Kier alpha value is -1.39. The monoisotopic (exact) mass is 206 g/mol. The van der Waals surface area contributed by atoms with Crippen LogP contribution in [0.2, 0.25) is 13.6 Å². The average molecular weight is 206 g/mol. The molecule has 1 heterocycles. The zero-order valence-electron chi connectivity index (χ0n) is 9.36. The lowest BCUT2D eigenvalue weighted by Gasteiger charge is -2.02. The first-order valence-electron chi connectivity index (χ1n) is 5.01. The number of esters is 1. The molecule has 15 heavy (non-hydrogen) atoms. The Kier molecular flexibility index (Phi) is 4.27. The Morgan fingerprint density at radius 1 is 1.40 bits per heavy atom. The van der Waals surface area contributed by atoms with Crippen LogP contribution in [0.3, 0.4) is 0 Å². The van der Waals surface area contributed by atoms with Crippen LogP contribution in [0.5, 0.6) is 0 Å². The smallest absolute Gasteiger partial charge is 0.305 e. The standard InChI is InChI=1S/C10H15BN2O2/c1-11(2)8-6-12-9(13-7-8)4-5-10(14)15-3/h6-7H,4-5H2,1-3H3. The van der Waals surface area contributed by atoms with E-state index in [2.05, 4.69) is 28.4 Å². The Labute approximate surface area is 90.2 Å². The fourth-order valence-electron chi connectivity index (χ4n) is 1.11. The van der Waals surface area contributed by atoms with Crippen molar-refractivity contribution in [3.63, 3.8) is 0 Å². The zero-order chi connectivity index (χ0) is 11.3. The number of carbonyl (C=O) groups excluding carboxylic acids is 1. The normalized spacial score (nSPS) is 9.80. The Morgan fingerprint density at radius 3 is 2.47 bits per heavy atom. The quantitative estimate of drug-likeness (QED) is 0.533. The highest BCUT2D eigenvalue weighted by Crippen LogP contribution is 1.95. The summed E-state index contributed by atoms with van der Waals surface area (Å²) in [6, 6.07) is 0. The molecule has 4 nitrogen and oxygen atoms in total. The Balaban J connectivity index is 2.53. The second-order valence-corrected chi connectivity index (χ2v) is 3.66. The molecule has 0 bridgehead atoms. The van der Waals surface area contributed by atoms with Crippen LogP contribution < -0.4 is 5.46 Å². The molecule has 0 spiro atoms. The molecule has 0 radical (unpaired) electrons. The summed E-state index contributed by atoms with van der Waals surface area (Å²) in [4.78, 5) is 19.3. The van der Waals surface area contributed by atoms with Crippen molar-refractivity contribution >= 4 is 18.1 Å². The van der Waals surface area contributed by atoms with Gasteiger partial charge < -0.3 is 4.74 Å². The molecule has 0 saturated heterocycles. The minimum Gasteiger partial charge on any atom is -0.469 e. The summed E-state index contributed by atoms with van der Waals surface area (Å²) in [6.07, 6.45) is 4.48. The molecular weight excluding hydrogens is 191 g/mol. The summed E-state index contributed by atoms with van der Waals surface area (Å²) < 4.78 is 4.54. The van der Waals surface area contributed by atoms with Crippen LogP contribution in [0.4, 0.5) is 0 Å². The molecule has 5 heteroatoms. The maximum atomic E-state index is 10.9. The van der Waals surface area contributed by atoms with Gasteiger partial charge in [0.1, 0.15) is 5.82 Å². The summed E-state index contributed by atoms with van der Waals surface area (Å²) in [5, 5.41) is 0. The molecule has 0 amide bonds. The van der Waals surface area contributed by atoms with Gasteiger partial charge in [-0.25, -0.2) is 9.97 Å². The Bertz CT molecular complexity index is 325. The predicted molar refractivity (Wildman–Crippen MR) is 59.5 cm³/mol. The minimum atomic E-state index is -0.230. The number of carbonyl (C=O) groups is 1. The molecular formula is C10H15BN2O2. The largest absolute Gasteiger partial charge is 0.469 e. The fraction of sp³-hybridized carbons (Fsp3) is 0.500. The van der Waals surface area contributed by atoms with E-state index in [1.807, 2.05) is 12.4 Å². The summed E-state index contributed by atoms with van der Waals surface area (Å²) in [7, 11) is 1.38. The summed E-state index contributed by atoms with van der Waals surface area (Å²) in [5.41, 5.74) is 1.11. The van der Waals surface area contributed by atoms with Gasteiger partial charge in [0.25, 0.3) is 0 Å². The lowest BCUT2D eigenvalue weighted by molar-refractivity contribution is -0.140. The van der Waals surface area contributed by atoms with E-state index in [0.29, 0.717) is 25.4 Å². The van der Waals surface area contributed by atoms with E-state index in [1.54, 1.807) is 0 Å². The first kappa shape index (κ1) is 11.7. The lowest BCUT2D eigenvalue weighted by Crippen LogP contribution is -2.24. The molecule has 0 unspecified atom stereocenters. The molecule has 0 fully saturated rings. The van der Waals surface area contributed by atoms with Crippen molar-refractivity contribution in [2.45, 2.75) is 26.5 Å². The van der Waals surface area contributed by atoms with Gasteiger partial charge in [0.15, 0.2) is 6.71 Å². The van der Waals surface area contributed by atoms with Gasteiger partial charge in [-0.2, -0.15) is 0 Å². The van der Waals surface area contributed by atoms with E-state index >= 15 is 0 Å². The van der Waals surface area contributed by atoms with Crippen molar-refractivity contribution in [3.8, 4) is 0 Å². The molecule has 0 atom stereocenters. The van der Waals surface area contributed by atoms with Crippen LogP contribution in [0.1, 0.15) is 12.2 Å². The van der Waals surface area contributed by atoms with Crippen LogP contribution >= 0.6 is 0 Å². The van der Waals surface area contributed by atoms with Crippen LogP contribution in [0.15, 0.2) is 12.4 Å². The fourth-order valence-corrected chi connectivity index (χ4v) is 1.11. The highest BCUT2D eigenvalue weighted by molar-refractivity contribution is 6.70. The van der Waals surface area contributed by atoms with Gasteiger partial charge >= 0.3 is 5.97 Å². The van der Waals surface area contributed by atoms with Crippen molar-refractivity contribution in [1.82, 2.24) is 9.97 Å². The number of hydrogen-bond acceptors (Lipinski definition) is 4. The molecule has 0 aliphatic rings. The molecule has 1 aromatic heterocycles. The SMILES string of the molecule is COC(=O)CCc1ncc(B(C)C)cn1. The third kappa shape index (κ3) is 3.69. The van der Waals surface area contributed by atoms with E-state index in [4.69, 9.17) is 0 Å². The first-order valence-corrected chi connectivity index (χ1v) is 5.01. The number of methoxy groups -OCH3 is 1. The topological polar surface area (TPSA) is 52.1 Å². The Morgan fingerprint density at radius 2 is 2.00 bits per heavy atom. The first-order chi connectivity index (χ1) is 7.13. The maximum Gasteiger partial charge on any atom is 0.305 e. The van der Waals surface area contributed by atoms with Gasteiger partial charge in [0.2, 0.25) is 0 Å². The van der Waals surface area contributed by atoms with E-state index in [9.17, 15) is 4.79 Å². The van der Waals surface area contributed by atoms with E-state index < -0.39 is 0 Å². The van der Waals surface area contributed by atoms with Crippen LogP contribution in [-0.4, -0.2) is 29.8 Å². The van der Waals surface area contributed by atoms with E-state index in [0.717, 1.165) is 5.46 Å². The van der Waals surface area contributed by atoms with Crippen LogP contribution in [0, 0.1) is 0 Å². The van der Waals surface area contributed by atoms with Gasteiger partial charge in [-0.05, 0) is 5.46 Å². The molecule has 0 aliphatic heterocycles. The van der Waals surface area contributed by atoms with E-state index in [-0.39, 0.29) is 5.97 Å². The van der Waals surface area contributed by atoms with Gasteiger partial charge in [-0.1, -0.05) is 13.6 Å². The van der Waals surface area contributed by atoms with Gasteiger partial charge in [-0.15, -0.1) is 0 Å². The molecule has 80 valence electrons. The molecule has 1 aromatic rings. The van der Waals surface area contributed by atoms with Crippen LogP contribution in [-0.2, 0) is 16.0 Å².